The first-order valence-electron chi connectivity index (χ1n) is 4.28. The summed E-state index contributed by atoms with van der Waals surface area (Å²) in [6.45, 7) is 0. The van der Waals surface area contributed by atoms with E-state index >= 15 is 0 Å². The number of aryl methyl sites for hydroxylation is 1. The summed E-state index contributed by atoms with van der Waals surface area (Å²) >= 11 is 3.50. The molecule has 1 aromatic carbocycles. The smallest absolute Gasteiger partial charge is 0.0178 e. The van der Waals surface area contributed by atoms with E-state index in [2.05, 4.69) is 46.3 Å². The topological polar surface area (TPSA) is 0 Å². The van der Waals surface area contributed by atoms with Gasteiger partial charge in [0.25, 0.3) is 0 Å². The van der Waals surface area contributed by atoms with E-state index < -0.39 is 0 Å². The van der Waals surface area contributed by atoms with Crippen molar-refractivity contribution in [2.24, 2.45) is 0 Å². The molecule has 12 heavy (non-hydrogen) atoms. The van der Waals surface area contributed by atoms with Crippen molar-refractivity contribution in [2.45, 2.75) is 19.3 Å². The molecule has 2 rings (SSSR count). The van der Waals surface area contributed by atoms with Gasteiger partial charge in [-0.3, -0.25) is 0 Å². The van der Waals surface area contributed by atoms with Gasteiger partial charge in [0.1, 0.15) is 0 Å². The Kier molecular flexibility index (Phi) is 2.31. The molecule has 62 valence electrons. The number of hydrogen-bond acceptors (Lipinski definition) is 0. The van der Waals surface area contributed by atoms with Gasteiger partial charge in [-0.15, -0.1) is 0 Å². The van der Waals surface area contributed by atoms with Gasteiger partial charge in [-0.2, -0.15) is 0 Å². The summed E-state index contributed by atoms with van der Waals surface area (Å²) in [6, 6.07) is 6.58. The molecule has 0 saturated carbocycles. The van der Waals surface area contributed by atoms with Gasteiger partial charge in [0, 0.05) is 4.47 Å². The highest BCUT2D eigenvalue weighted by Gasteiger charge is 2.03. The van der Waals surface area contributed by atoms with Crippen LogP contribution in [0.15, 0.2) is 34.8 Å². The Hall–Kier alpha value is -0.560. The summed E-state index contributed by atoms with van der Waals surface area (Å²) in [4.78, 5) is 0. The number of halogens is 1. The average Bonchev–Trinajstić information content (AvgIpc) is 2.28. The largest absolute Gasteiger partial charge is 0.0879 e. The number of hydrogen-bond donors (Lipinski definition) is 0. The second-order valence-corrected chi connectivity index (χ2v) is 4.04. The molecule has 0 fully saturated rings. The van der Waals surface area contributed by atoms with Gasteiger partial charge in [0.15, 0.2) is 0 Å². The number of rotatable bonds is 0. The molecule has 0 atom stereocenters. The van der Waals surface area contributed by atoms with Crippen molar-refractivity contribution in [3.05, 3.63) is 46.0 Å². The zero-order valence-electron chi connectivity index (χ0n) is 6.89. The van der Waals surface area contributed by atoms with Crippen molar-refractivity contribution in [3.8, 4) is 0 Å². The number of benzene rings is 1. The van der Waals surface area contributed by atoms with Gasteiger partial charge >= 0.3 is 0 Å². The Balaban J connectivity index is 2.42. The van der Waals surface area contributed by atoms with Crippen molar-refractivity contribution in [2.75, 3.05) is 0 Å². The van der Waals surface area contributed by atoms with Gasteiger partial charge in [-0.1, -0.05) is 34.1 Å². The van der Waals surface area contributed by atoms with E-state index in [-0.39, 0.29) is 0 Å². The minimum atomic E-state index is 1.10. The highest BCUT2D eigenvalue weighted by atomic mass is 79.9. The van der Waals surface area contributed by atoms with E-state index in [4.69, 9.17) is 0 Å². The molecule has 1 heteroatoms. The summed E-state index contributed by atoms with van der Waals surface area (Å²) in [5, 5.41) is 0. The molecule has 1 aromatic rings. The second kappa shape index (κ2) is 3.44. The molecule has 0 unspecified atom stereocenters. The van der Waals surface area contributed by atoms with Crippen molar-refractivity contribution in [1.82, 2.24) is 0 Å². The van der Waals surface area contributed by atoms with E-state index in [0.717, 1.165) is 6.42 Å². The summed E-state index contributed by atoms with van der Waals surface area (Å²) < 4.78 is 1.20. The molecular formula is C11H11Br. The summed E-state index contributed by atoms with van der Waals surface area (Å²) in [5.74, 6) is 0. The van der Waals surface area contributed by atoms with Crippen molar-refractivity contribution < 1.29 is 0 Å². The zero-order chi connectivity index (χ0) is 8.39. The highest BCUT2D eigenvalue weighted by molar-refractivity contribution is 9.10. The van der Waals surface area contributed by atoms with Crippen LogP contribution in [0.4, 0.5) is 0 Å². The van der Waals surface area contributed by atoms with Gasteiger partial charge in [-0.25, -0.2) is 0 Å². The van der Waals surface area contributed by atoms with Crippen LogP contribution < -0.4 is 0 Å². The molecule has 0 amide bonds. The van der Waals surface area contributed by atoms with Gasteiger partial charge in [0.2, 0.25) is 0 Å². The van der Waals surface area contributed by atoms with Gasteiger partial charge in [-0.05, 0) is 42.5 Å². The van der Waals surface area contributed by atoms with Crippen LogP contribution in [0.5, 0.6) is 0 Å². The molecular weight excluding hydrogens is 212 g/mol. The molecule has 0 spiro atoms. The Morgan fingerprint density at radius 3 is 2.92 bits per heavy atom. The summed E-state index contributed by atoms with van der Waals surface area (Å²) in [7, 11) is 0. The lowest BCUT2D eigenvalue weighted by Crippen LogP contribution is -1.89. The Morgan fingerprint density at radius 1 is 1.08 bits per heavy atom. The van der Waals surface area contributed by atoms with E-state index in [1.165, 1.54) is 28.4 Å². The fourth-order valence-electron chi connectivity index (χ4n) is 1.59. The third kappa shape index (κ3) is 1.61. The molecule has 1 aliphatic rings. The van der Waals surface area contributed by atoms with Crippen LogP contribution in [-0.2, 0) is 12.8 Å². The van der Waals surface area contributed by atoms with Crippen molar-refractivity contribution in [3.63, 3.8) is 0 Å². The fraction of sp³-hybridized carbons (Fsp3) is 0.273. The summed E-state index contributed by atoms with van der Waals surface area (Å²) in [5.41, 5.74) is 2.97. The summed E-state index contributed by atoms with van der Waals surface area (Å²) in [6.07, 6.45) is 8.00. The first kappa shape index (κ1) is 8.06. The highest BCUT2D eigenvalue weighted by Crippen LogP contribution is 2.20. The molecule has 0 N–H and O–H groups in total. The maximum Gasteiger partial charge on any atom is 0.0178 e. The molecule has 0 saturated heterocycles. The average molecular weight is 223 g/mol. The maximum absolute atomic E-state index is 3.50. The van der Waals surface area contributed by atoms with E-state index in [1.54, 1.807) is 0 Å². The third-order valence-electron chi connectivity index (χ3n) is 2.25. The van der Waals surface area contributed by atoms with Crippen LogP contribution in [0.1, 0.15) is 17.5 Å². The second-order valence-electron chi connectivity index (χ2n) is 3.13. The molecule has 1 aliphatic carbocycles. The monoisotopic (exact) mass is 222 g/mol. The van der Waals surface area contributed by atoms with Crippen molar-refractivity contribution in [1.29, 1.82) is 0 Å². The third-order valence-corrected chi connectivity index (χ3v) is 2.75. The van der Waals surface area contributed by atoms with E-state index in [0.29, 0.717) is 0 Å². The van der Waals surface area contributed by atoms with Crippen LogP contribution in [0, 0.1) is 0 Å². The standard InChI is InChI=1S/C11H11Br/c12-11-7-6-9-4-2-1-3-5-10(9)8-11/h1-2,6-8H,3-5H2. The first-order chi connectivity index (χ1) is 5.86. The zero-order valence-corrected chi connectivity index (χ0v) is 8.47. The van der Waals surface area contributed by atoms with Crippen LogP contribution in [0.2, 0.25) is 0 Å². The predicted octanol–water partition coefficient (Wildman–Crippen LogP) is 3.49. The molecule has 0 bridgehead atoms. The lowest BCUT2D eigenvalue weighted by molar-refractivity contribution is 0.999. The van der Waals surface area contributed by atoms with Crippen LogP contribution in [0.25, 0.3) is 0 Å². The minimum absolute atomic E-state index is 1.10. The predicted molar refractivity (Wildman–Crippen MR) is 55.3 cm³/mol. The van der Waals surface area contributed by atoms with Crippen LogP contribution in [-0.4, -0.2) is 0 Å². The lowest BCUT2D eigenvalue weighted by Gasteiger charge is -2.04. The molecule has 0 aliphatic heterocycles. The Morgan fingerprint density at radius 2 is 2.00 bits per heavy atom. The lowest BCUT2D eigenvalue weighted by atomic mass is 10.0. The molecule has 0 radical (unpaired) electrons. The normalized spacial score (nSPS) is 15.4. The van der Waals surface area contributed by atoms with Gasteiger partial charge in [0.05, 0.1) is 0 Å². The van der Waals surface area contributed by atoms with E-state index in [9.17, 15) is 0 Å². The van der Waals surface area contributed by atoms with Gasteiger partial charge < -0.3 is 0 Å². The first-order valence-corrected chi connectivity index (χ1v) is 5.08. The minimum Gasteiger partial charge on any atom is -0.0879 e. The van der Waals surface area contributed by atoms with E-state index in [1.807, 2.05) is 0 Å². The number of fused-ring (bicyclic) bond motifs is 1. The molecule has 0 heterocycles. The number of allylic oxidation sites excluding steroid dienone is 2. The maximum atomic E-state index is 3.50. The fourth-order valence-corrected chi connectivity index (χ4v) is 2.00. The SMILES string of the molecule is Brc1ccc2c(c1)CCC=CC2. The van der Waals surface area contributed by atoms with Crippen molar-refractivity contribution >= 4 is 15.9 Å². The van der Waals surface area contributed by atoms with Crippen LogP contribution >= 0.6 is 15.9 Å². The Bertz CT molecular complexity index is 313. The molecule has 0 nitrogen and oxygen atoms in total. The van der Waals surface area contributed by atoms with Crippen LogP contribution in [0.3, 0.4) is 0 Å². The Labute approximate surface area is 81.4 Å². The quantitative estimate of drug-likeness (QED) is 0.590. The molecule has 0 aromatic heterocycles.